The van der Waals surface area contributed by atoms with Gasteiger partial charge in [0.25, 0.3) is 5.91 Å². The van der Waals surface area contributed by atoms with Gasteiger partial charge in [0.15, 0.2) is 0 Å². The molecule has 7 heteroatoms. The minimum Gasteiger partial charge on any atom is -0.272 e. The maximum atomic E-state index is 12.5. The second-order valence-electron chi connectivity index (χ2n) is 7.25. The van der Waals surface area contributed by atoms with Crippen LogP contribution in [0.2, 0.25) is 0 Å². The first kappa shape index (κ1) is 20.3. The van der Waals surface area contributed by atoms with Crippen LogP contribution in [0.4, 0.5) is 0 Å². The highest BCUT2D eigenvalue weighted by atomic mass is 16.2. The number of hydrazone groups is 1. The van der Waals surface area contributed by atoms with Gasteiger partial charge in [-0.3, -0.25) is 9.89 Å². The molecule has 2 heterocycles. The average Bonchev–Trinajstić information content (AvgIpc) is 3.39. The molecule has 0 fully saturated rings. The van der Waals surface area contributed by atoms with Gasteiger partial charge >= 0.3 is 0 Å². The van der Waals surface area contributed by atoms with E-state index < -0.39 is 0 Å². The van der Waals surface area contributed by atoms with E-state index in [4.69, 9.17) is 0 Å². The standard InChI is InChI=1S/C24H24N6O/c1-4-18-10-12-19(13-11-18)15-25-28-24(31)22-14-21(26-27-22)23-16(2)29-30(17(23)3)20-8-6-5-7-9-20/h5-15H,4H2,1-3H3,(H,26,27)(H,28,31)/b25-15+. The first-order valence-electron chi connectivity index (χ1n) is 10.2. The number of rotatable bonds is 6. The summed E-state index contributed by atoms with van der Waals surface area (Å²) < 4.78 is 1.88. The summed E-state index contributed by atoms with van der Waals surface area (Å²) in [6, 6.07) is 19.7. The van der Waals surface area contributed by atoms with E-state index in [0.717, 1.165) is 34.6 Å². The van der Waals surface area contributed by atoms with Crippen molar-refractivity contribution in [2.45, 2.75) is 27.2 Å². The van der Waals surface area contributed by atoms with Gasteiger partial charge in [0, 0.05) is 5.56 Å². The number of hydrogen-bond donors (Lipinski definition) is 2. The van der Waals surface area contributed by atoms with E-state index in [-0.39, 0.29) is 5.91 Å². The lowest BCUT2D eigenvalue weighted by molar-refractivity contribution is 0.0950. The van der Waals surface area contributed by atoms with Crippen molar-refractivity contribution in [1.29, 1.82) is 0 Å². The van der Waals surface area contributed by atoms with Crippen LogP contribution in [-0.4, -0.2) is 32.1 Å². The van der Waals surface area contributed by atoms with Gasteiger partial charge in [-0.1, -0.05) is 49.4 Å². The van der Waals surface area contributed by atoms with E-state index in [2.05, 4.69) is 32.7 Å². The third kappa shape index (κ3) is 4.30. The molecule has 31 heavy (non-hydrogen) atoms. The number of benzene rings is 2. The van der Waals surface area contributed by atoms with Crippen molar-refractivity contribution in [3.05, 3.63) is 88.9 Å². The predicted octanol–water partition coefficient (Wildman–Crippen LogP) is 4.21. The van der Waals surface area contributed by atoms with Gasteiger partial charge in [-0.05, 0) is 49.6 Å². The highest BCUT2D eigenvalue weighted by Crippen LogP contribution is 2.27. The second-order valence-corrected chi connectivity index (χ2v) is 7.25. The van der Waals surface area contributed by atoms with E-state index in [0.29, 0.717) is 11.4 Å². The summed E-state index contributed by atoms with van der Waals surface area (Å²) in [6.45, 7) is 6.03. The van der Waals surface area contributed by atoms with Crippen LogP contribution >= 0.6 is 0 Å². The van der Waals surface area contributed by atoms with E-state index in [9.17, 15) is 4.79 Å². The molecule has 4 aromatic rings. The van der Waals surface area contributed by atoms with Gasteiger partial charge in [-0.15, -0.1) is 0 Å². The molecule has 0 aliphatic rings. The minimum atomic E-state index is -0.356. The molecule has 2 aromatic carbocycles. The van der Waals surface area contributed by atoms with Gasteiger partial charge in [-0.25, -0.2) is 10.1 Å². The average molecular weight is 412 g/mol. The molecule has 2 N–H and O–H groups in total. The van der Waals surface area contributed by atoms with Crippen molar-refractivity contribution in [2.75, 3.05) is 0 Å². The first-order chi connectivity index (χ1) is 15.1. The van der Waals surface area contributed by atoms with Crippen LogP contribution in [-0.2, 0) is 6.42 Å². The van der Waals surface area contributed by atoms with Crippen molar-refractivity contribution in [2.24, 2.45) is 5.10 Å². The van der Waals surface area contributed by atoms with Crippen molar-refractivity contribution in [3.63, 3.8) is 0 Å². The molecular weight excluding hydrogens is 388 g/mol. The van der Waals surface area contributed by atoms with Crippen LogP contribution in [0.3, 0.4) is 0 Å². The largest absolute Gasteiger partial charge is 0.289 e. The van der Waals surface area contributed by atoms with Crippen molar-refractivity contribution < 1.29 is 4.79 Å². The van der Waals surface area contributed by atoms with Gasteiger partial charge in [0.05, 0.1) is 29.0 Å². The lowest BCUT2D eigenvalue weighted by Crippen LogP contribution is -2.18. The molecule has 156 valence electrons. The fourth-order valence-electron chi connectivity index (χ4n) is 3.47. The Morgan fingerprint density at radius 3 is 2.58 bits per heavy atom. The Labute approximate surface area is 180 Å². The third-order valence-corrected chi connectivity index (χ3v) is 5.14. The Balaban J connectivity index is 1.50. The van der Waals surface area contributed by atoms with E-state index in [1.165, 1.54) is 5.56 Å². The Hall–Kier alpha value is -4.00. The number of carbonyl (C=O) groups excluding carboxylic acids is 1. The molecule has 0 saturated heterocycles. The van der Waals surface area contributed by atoms with Crippen LogP contribution in [0.1, 0.15) is 39.9 Å². The number of amides is 1. The maximum Gasteiger partial charge on any atom is 0.289 e. The van der Waals surface area contributed by atoms with Crippen LogP contribution in [0, 0.1) is 13.8 Å². The van der Waals surface area contributed by atoms with Crippen molar-refractivity contribution in [3.8, 4) is 16.9 Å². The molecule has 0 unspecified atom stereocenters. The van der Waals surface area contributed by atoms with Crippen LogP contribution in [0.15, 0.2) is 65.8 Å². The van der Waals surface area contributed by atoms with Crippen molar-refractivity contribution >= 4 is 12.1 Å². The monoisotopic (exact) mass is 412 g/mol. The molecule has 0 spiro atoms. The number of nitrogens with zero attached hydrogens (tertiary/aromatic N) is 4. The van der Waals surface area contributed by atoms with E-state index in [1.54, 1.807) is 12.3 Å². The SMILES string of the molecule is CCc1ccc(/C=N/NC(=O)c2cc(-c3c(C)nn(-c4ccccc4)c3C)n[nH]2)cc1. The second kappa shape index (κ2) is 8.79. The highest BCUT2D eigenvalue weighted by Gasteiger charge is 2.18. The predicted molar refractivity (Wildman–Crippen MR) is 121 cm³/mol. The molecule has 0 bridgehead atoms. The third-order valence-electron chi connectivity index (χ3n) is 5.14. The molecule has 0 aliphatic heterocycles. The van der Waals surface area contributed by atoms with Crippen LogP contribution in [0.25, 0.3) is 16.9 Å². The molecule has 0 radical (unpaired) electrons. The summed E-state index contributed by atoms with van der Waals surface area (Å²) in [5.74, 6) is -0.356. The quantitative estimate of drug-likeness (QED) is 0.367. The normalized spacial score (nSPS) is 11.2. The Morgan fingerprint density at radius 2 is 1.87 bits per heavy atom. The molecule has 0 saturated carbocycles. The van der Waals surface area contributed by atoms with Gasteiger partial charge in [0.2, 0.25) is 0 Å². The zero-order chi connectivity index (χ0) is 21.8. The fourth-order valence-corrected chi connectivity index (χ4v) is 3.47. The number of H-pyrrole nitrogens is 1. The number of aryl methyl sites for hydroxylation is 2. The van der Waals surface area contributed by atoms with Gasteiger partial charge in [0.1, 0.15) is 5.69 Å². The topological polar surface area (TPSA) is 88.0 Å². The molecule has 4 rings (SSSR count). The summed E-state index contributed by atoms with van der Waals surface area (Å²) in [5, 5.41) is 15.8. The summed E-state index contributed by atoms with van der Waals surface area (Å²) in [6.07, 6.45) is 2.60. The van der Waals surface area contributed by atoms with Crippen molar-refractivity contribution in [1.82, 2.24) is 25.4 Å². The van der Waals surface area contributed by atoms with Crippen LogP contribution < -0.4 is 5.43 Å². The fraction of sp³-hybridized carbons (Fsp3) is 0.167. The Kier molecular flexibility index (Phi) is 5.75. The molecule has 0 aliphatic carbocycles. The molecule has 1 amide bonds. The molecular formula is C24H24N6O. The lowest BCUT2D eigenvalue weighted by Gasteiger charge is -2.04. The number of para-hydroxylation sites is 1. The highest BCUT2D eigenvalue weighted by molar-refractivity contribution is 5.94. The molecule has 2 aromatic heterocycles. The van der Waals surface area contributed by atoms with E-state index in [1.807, 2.05) is 73.1 Å². The first-order valence-corrected chi connectivity index (χ1v) is 10.2. The summed E-state index contributed by atoms with van der Waals surface area (Å²) in [7, 11) is 0. The number of aromatic nitrogens is 4. The van der Waals surface area contributed by atoms with Gasteiger partial charge < -0.3 is 0 Å². The van der Waals surface area contributed by atoms with Gasteiger partial charge in [-0.2, -0.15) is 15.3 Å². The number of hydrogen-bond acceptors (Lipinski definition) is 4. The lowest BCUT2D eigenvalue weighted by atomic mass is 10.1. The van der Waals surface area contributed by atoms with Crippen LogP contribution in [0.5, 0.6) is 0 Å². The molecule has 0 atom stereocenters. The minimum absolute atomic E-state index is 0.333. The zero-order valence-corrected chi connectivity index (χ0v) is 17.8. The Bertz CT molecular complexity index is 1220. The maximum absolute atomic E-state index is 12.5. The number of carbonyl (C=O) groups is 1. The Morgan fingerprint density at radius 1 is 1.13 bits per heavy atom. The summed E-state index contributed by atoms with van der Waals surface area (Å²) in [4.78, 5) is 12.5. The number of nitrogens with one attached hydrogen (secondary N) is 2. The smallest absolute Gasteiger partial charge is 0.272 e. The number of aromatic amines is 1. The summed E-state index contributed by atoms with van der Waals surface area (Å²) >= 11 is 0. The zero-order valence-electron chi connectivity index (χ0n) is 17.8. The molecule has 7 nitrogen and oxygen atoms in total. The van der Waals surface area contributed by atoms with E-state index >= 15 is 0 Å². The summed E-state index contributed by atoms with van der Waals surface area (Å²) in [5.41, 5.74) is 9.39.